The fourth-order valence-electron chi connectivity index (χ4n) is 1.49. The third kappa shape index (κ3) is 13.0. The van der Waals surface area contributed by atoms with Gasteiger partial charge in [0.05, 0.1) is 13.2 Å². The minimum Gasteiger partial charge on any atom is -1.00 e. The lowest BCUT2D eigenvalue weighted by molar-refractivity contribution is -0.672. The van der Waals surface area contributed by atoms with Crippen LogP contribution >= 0.6 is 0 Å². The van der Waals surface area contributed by atoms with Gasteiger partial charge in [-0.3, -0.25) is 0 Å². The Morgan fingerprint density at radius 1 is 1.00 bits per heavy atom. The van der Waals surface area contributed by atoms with Crippen LogP contribution in [0.4, 0.5) is 4.79 Å². The molecule has 0 aliphatic carbocycles. The van der Waals surface area contributed by atoms with Gasteiger partial charge in [-0.2, -0.15) is 0 Å². The molecule has 0 spiro atoms. The number of aromatic nitrogens is 2. The van der Waals surface area contributed by atoms with Gasteiger partial charge < -0.3 is 42.0 Å². The van der Waals surface area contributed by atoms with E-state index in [9.17, 15) is 9.90 Å². The summed E-state index contributed by atoms with van der Waals surface area (Å²) in [5.74, 6) is 0. The number of hydrogen-bond donors (Lipinski definition) is 2. The van der Waals surface area contributed by atoms with E-state index >= 15 is 0 Å². The van der Waals surface area contributed by atoms with Gasteiger partial charge in [-0.15, -0.1) is 0 Å². The lowest BCUT2D eigenvalue weighted by Gasteiger charge is -2.10. The zero-order valence-electron chi connectivity index (χ0n) is 15.0. The molecule has 2 aromatic rings. The van der Waals surface area contributed by atoms with Crippen LogP contribution in [-0.2, 0) is 27.3 Å². The Kier molecular flexibility index (Phi) is 14.4. The van der Waals surface area contributed by atoms with E-state index in [2.05, 4.69) is 0 Å². The lowest BCUT2D eigenvalue weighted by Crippen LogP contribution is -3.00. The molecule has 1 amide bonds. The molecular weight excluding hydrogens is 390 g/mol. The molecule has 0 atom stereocenters. The molecule has 8 heteroatoms. The summed E-state index contributed by atoms with van der Waals surface area (Å²) in [4.78, 5) is 10.5. The summed E-state index contributed by atoms with van der Waals surface area (Å²) in [5, 5.41) is 26.8. The monoisotopic (exact) mass is 415 g/mol. The van der Waals surface area contributed by atoms with E-state index in [0.717, 1.165) is 16.0 Å². The van der Waals surface area contributed by atoms with E-state index in [1.54, 1.807) is 0 Å². The van der Waals surface area contributed by atoms with Gasteiger partial charge in [0.15, 0.2) is 24.8 Å². The minimum absolute atomic E-state index is 0. The van der Waals surface area contributed by atoms with E-state index in [4.69, 9.17) is 10.2 Å². The molecule has 0 bridgehead atoms. The summed E-state index contributed by atoms with van der Waals surface area (Å²) < 4.78 is 3.82. The second kappa shape index (κ2) is 14.3. The van der Waals surface area contributed by atoms with Crippen molar-refractivity contribution >= 4 is 6.09 Å². The molecular formula is C17H26BrN3O4. The molecule has 0 aliphatic heterocycles. The molecule has 2 aromatic heterocycles. The molecule has 2 N–H and O–H groups in total. The van der Waals surface area contributed by atoms with E-state index in [1.807, 2.05) is 72.3 Å². The van der Waals surface area contributed by atoms with Crippen LogP contribution in [0, 0.1) is 0 Å². The highest BCUT2D eigenvalue weighted by molar-refractivity contribution is 5.61. The van der Waals surface area contributed by atoms with Crippen LogP contribution in [0.2, 0.25) is 0 Å². The number of carboxylic acid groups (broad SMARTS) is 1. The van der Waals surface area contributed by atoms with Crippen molar-refractivity contribution in [2.75, 3.05) is 14.1 Å². The van der Waals surface area contributed by atoms with Crippen molar-refractivity contribution in [3.05, 3.63) is 60.2 Å². The Balaban J connectivity index is 0. The third-order valence-electron chi connectivity index (χ3n) is 2.73. The maximum Gasteiger partial charge on any atom is 0.174 e. The van der Waals surface area contributed by atoms with Gasteiger partial charge in [0.1, 0.15) is 20.2 Å². The molecule has 2 heterocycles. The number of amides is 1. The fraction of sp³-hybridized carbons (Fsp3) is 0.353. The van der Waals surface area contributed by atoms with Crippen LogP contribution in [0.3, 0.4) is 0 Å². The highest BCUT2D eigenvalue weighted by Gasteiger charge is 1.93. The Morgan fingerprint density at radius 3 is 1.48 bits per heavy atom. The lowest BCUT2D eigenvalue weighted by atomic mass is 10.3. The van der Waals surface area contributed by atoms with E-state index < -0.39 is 6.09 Å². The maximum absolute atomic E-state index is 9.51. The number of hydrogen-bond acceptors (Lipinski definition) is 4. The predicted octanol–water partition coefficient (Wildman–Crippen LogP) is -4.10. The van der Waals surface area contributed by atoms with Crippen LogP contribution in [0.1, 0.15) is 11.1 Å². The standard InChI is InChI=1S/2C7H10NO.C3H7NO2.BrH/c2*1-8-4-2-3-7(5-8)6-9;1-4(2)3(5)6;/h2*2-5,9H,6H2,1H3;1-2H3,(H,5,6);1H/q2*+1;;/p-2. The number of aryl methyl sites for hydroxylation is 2. The summed E-state index contributed by atoms with van der Waals surface area (Å²) in [6.07, 6.45) is 6.48. The number of nitrogens with zero attached hydrogens (tertiary/aromatic N) is 3. The van der Waals surface area contributed by atoms with Crippen molar-refractivity contribution in [2.24, 2.45) is 14.1 Å². The molecule has 25 heavy (non-hydrogen) atoms. The number of aliphatic hydroxyl groups is 2. The van der Waals surface area contributed by atoms with Crippen molar-refractivity contribution < 1.29 is 46.2 Å². The molecule has 0 aromatic carbocycles. The first kappa shape index (κ1) is 25.2. The van der Waals surface area contributed by atoms with Crippen molar-refractivity contribution in [3.63, 3.8) is 0 Å². The van der Waals surface area contributed by atoms with Crippen LogP contribution in [-0.4, -0.2) is 35.3 Å². The van der Waals surface area contributed by atoms with Gasteiger partial charge in [-0.1, -0.05) is 0 Å². The van der Waals surface area contributed by atoms with Crippen molar-refractivity contribution in [2.45, 2.75) is 13.2 Å². The summed E-state index contributed by atoms with van der Waals surface area (Å²) in [6, 6.07) is 7.59. The number of rotatable bonds is 2. The van der Waals surface area contributed by atoms with E-state index in [1.165, 1.54) is 14.1 Å². The molecule has 0 unspecified atom stereocenters. The Morgan fingerprint density at radius 2 is 1.32 bits per heavy atom. The predicted molar refractivity (Wildman–Crippen MR) is 86.2 cm³/mol. The average Bonchev–Trinajstić information content (AvgIpc) is 2.55. The number of pyridine rings is 2. The van der Waals surface area contributed by atoms with Crippen LogP contribution in [0.5, 0.6) is 0 Å². The zero-order chi connectivity index (χ0) is 18.5. The number of carbonyl (C=O) groups excluding carboxylic acids is 1. The normalized spacial score (nSPS) is 8.72. The largest absolute Gasteiger partial charge is 1.00 e. The second-order valence-electron chi connectivity index (χ2n) is 5.23. The van der Waals surface area contributed by atoms with Crippen molar-refractivity contribution in [1.82, 2.24) is 4.90 Å². The van der Waals surface area contributed by atoms with E-state index in [0.29, 0.717) is 0 Å². The SMILES string of the molecule is CN(C)C(=O)[O-].C[n+]1cccc(CO)c1.C[n+]1cccc(CO)c1.[Br-]. The van der Waals surface area contributed by atoms with Gasteiger partial charge in [-0.25, -0.2) is 9.13 Å². The van der Waals surface area contributed by atoms with Gasteiger partial charge >= 0.3 is 0 Å². The van der Waals surface area contributed by atoms with Crippen LogP contribution in [0.25, 0.3) is 0 Å². The molecule has 0 saturated heterocycles. The average molecular weight is 416 g/mol. The quantitative estimate of drug-likeness (QED) is 0.487. The van der Waals surface area contributed by atoms with E-state index in [-0.39, 0.29) is 30.2 Å². The first-order valence-corrected chi connectivity index (χ1v) is 7.28. The molecule has 0 aliphatic rings. The Bertz CT molecular complexity index is 579. The second-order valence-corrected chi connectivity index (χ2v) is 5.23. The number of halogens is 1. The molecule has 7 nitrogen and oxygen atoms in total. The summed E-state index contributed by atoms with van der Waals surface area (Å²) in [5.41, 5.74) is 1.89. The summed E-state index contributed by atoms with van der Waals surface area (Å²) in [7, 11) is 6.68. The van der Waals surface area contributed by atoms with Crippen molar-refractivity contribution in [1.29, 1.82) is 0 Å². The Hall–Kier alpha value is -2.03. The van der Waals surface area contributed by atoms with Gasteiger partial charge in [-0.05, 0) is 12.1 Å². The molecule has 0 saturated carbocycles. The highest BCUT2D eigenvalue weighted by atomic mass is 79.9. The van der Waals surface area contributed by atoms with Gasteiger partial charge in [0.25, 0.3) is 0 Å². The number of carbonyl (C=O) groups is 1. The molecule has 2 rings (SSSR count). The smallest absolute Gasteiger partial charge is 0.174 e. The molecule has 0 radical (unpaired) electrons. The summed E-state index contributed by atoms with van der Waals surface area (Å²) >= 11 is 0. The first-order valence-electron chi connectivity index (χ1n) is 7.28. The first-order chi connectivity index (χ1) is 11.3. The summed E-state index contributed by atoms with van der Waals surface area (Å²) in [6.45, 7) is 0.239. The van der Waals surface area contributed by atoms with Gasteiger partial charge in [0.2, 0.25) is 0 Å². The van der Waals surface area contributed by atoms with Crippen LogP contribution < -0.4 is 31.2 Å². The van der Waals surface area contributed by atoms with Crippen molar-refractivity contribution in [3.8, 4) is 0 Å². The molecule has 140 valence electrons. The Labute approximate surface area is 159 Å². The minimum atomic E-state index is -1.16. The van der Waals surface area contributed by atoms with Gasteiger partial charge in [0, 0.05) is 37.4 Å². The third-order valence-corrected chi connectivity index (χ3v) is 2.73. The highest BCUT2D eigenvalue weighted by Crippen LogP contribution is 1.91. The topological polar surface area (TPSA) is 91.6 Å². The number of aliphatic hydroxyl groups excluding tert-OH is 2. The fourth-order valence-corrected chi connectivity index (χ4v) is 1.49. The maximum atomic E-state index is 9.51. The van der Waals surface area contributed by atoms with Crippen LogP contribution in [0.15, 0.2) is 49.1 Å². The molecule has 0 fully saturated rings. The zero-order valence-corrected chi connectivity index (χ0v) is 16.5.